The number of aromatic nitrogens is 2. The molecule has 0 saturated carbocycles. The first-order valence-corrected chi connectivity index (χ1v) is 17.7. The molecule has 2 amide bonds. The number of carbonyl (C=O) groups excluding carboxylic acids is 2. The highest BCUT2D eigenvalue weighted by atomic mass is 32.2. The Morgan fingerprint density at radius 3 is 2.59 bits per heavy atom. The van der Waals surface area contributed by atoms with Crippen LogP contribution >= 0.6 is 11.8 Å². The van der Waals surface area contributed by atoms with E-state index in [1.165, 1.54) is 17.8 Å². The molecule has 1 aliphatic heterocycles. The van der Waals surface area contributed by atoms with Gasteiger partial charge in [-0.15, -0.1) is 0 Å². The van der Waals surface area contributed by atoms with Gasteiger partial charge in [0.2, 0.25) is 11.8 Å². The van der Waals surface area contributed by atoms with E-state index in [9.17, 15) is 9.59 Å². The van der Waals surface area contributed by atoms with Crippen LogP contribution < -0.4 is 27.4 Å². The van der Waals surface area contributed by atoms with Gasteiger partial charge in [0.1, 0.15) is 11.1 Å². The summed E-state index contributed by atoms with van der Waals surface area (Å²) in [6.45, 7) is 1.24. The SMILES string of the molecule is CN1C(CCCCN)NC(=O)[C@H](CCCN)NCc2cccnc2Sc2cccc3c2C(NC(=O)C1Cc1c[nH]c2ccccc12)C3(F)F. The van der Waals surface area contributed by atoms with Gasteiger partial charge in [0, 0.05) is 45.9 Å². The van der Waals surface area contributed by atoms with Crippen LogP contribution in [0.25, 0.3) is 10.9 Å². The first-order chi connectivity index (χ1) is 23.7. The number of carbonyl (C=O) groups is 2. The molecule has 4 atom stereocenters. The monoisotopic (exact) mass is 690 g/mol. The average molecular weight is 691 g/mol. The van der Waals surface area contributed by atoms with Crippen LogP contribution in [0.4, 0.5) is 8.78 Å². The molecule has 2 aromatic heterocycles. The Hall–Kier alpha value is -3.88. The zero-order valence-corrected chi connectivity index (χ0v) is 28.4. The second-order valence-electron chi connectivity index (χ2n) is 12.8. The zero-order chi connectivity index (χ0) is 34.5. The maximum absolute atomic E-state index is 15.8. The predicted octanol–water partition coefficient (Wildman–Crippen LogP) is 4.30. The zero-order valence-electron chi connectivity index (χ0n) is 27.6. The van der Waals surface area contributed by atoms with Gasteiger partial charge in [-0.1, -0.05) is 48.2 Å². The molecule has 0 saturated heterocycles. The minimum absolute atomic E-state index is 0.102. The minimum Gasteiger partial charge on any atom is -0.361 e. The number of nitrogens with one attached hydrogen (secondary N) is 4. The third-order valence-corrected chi connectivity index (χ3v) is 10.7. The number of pyridine rings is 1. The van der Waals surface area contributed by atoms with Crippen molar-refractivity contribution in [3.8, 4) is 0 Å². The first kappa shape index (κ1) is 35.0. The molecule has 0 radical (unpaired) electrons. The fourth-order valence-corrected chi connectivity index (χ4v) is 7.87. The fraction of sp³-hybridized carbons (Fsp3) is 0.417. The lowest BCUT2D eigenvalue weighted by Gasteiger charge is -2.42. The lowest BCUT2D eigenvalue weighted by atomic mass is 9.79. The van der Waals surface area contributed by atoms with Crippen molar-refractivity contribution >= 4 is 34.5 Å². The maximum atomic E-state index is 15.8. The van der Waals surface area contributed by atoms with Gasteiger partial charge in [-0.2, -0.15) is 8.78 Å². The molecule has 8 N–H and O–H groups in total. The van der Waals surface area contributed by atoms with E-state index in [4.69, 9.17) is 11.5 Å². The Bertz CT molecular complexity index is 1780. The number of hydrogen-bond donors (Lipinski definition) is 6. The Morgan fingerprint density at radius 2 is 1.78 bits per heavy atom. The normalized spacial score (nSPS) is 22.9. The van der Waals surface area contributed by atoms with Crippen LogP contribution in [-0.2, 0) is 28.5 Å². The molecule has 49 heavy (non-hydrogen) atoms. The summed E-state index contributed by atoms with van der Waals surface area (Å²) in [6.07, 6.45) is 6.22. The Labute approximate surface area is 289 Å². The second kappa shape index (κ2) is 15.3. The van der Waals surface area contributed by atoms with Gasteiger partial charge in [-0.25, -0.2) is 4.98 Å². The molecule has 4 aromatic rings. The van der Waals surface area contributed by atoms with Crippen molar-refractivity contribution in [3.63, 3.8) is 0 Å². The van der Waals surface area contributed by atoms with E-state index >= 15 is 8.78 Å². The van der Waals surface area contributed by atoms with Crippen molar-refractivity contribution in [1.82, 2.24) is 30.8 Å². The molecule has 2 aliphatic rings. The molecule has 2 aromatic carbocycles. The number of nitrogens with two attached hydrogens (primary N) is 2. The quantitative estimate of drug-likeness (QED) is 0.142. The standard InChI is InChI=1S/C36H44F2N8O2S/c1-46-28(19-23-21-42-26-12-3-2-10-24(23)26)34(48)45-32-31-25(36(32,37)38)11-6-14-29(31)49-35-22(9-8-18-41-35)20-43-27(13-7-17-40)33(47)44-30(46)15-4-5-16-39/h2-3,6,8-12,14,18,21,27-28,30,32,42-43H,4-5,7,13,15-17,19-20,39-40H2,1H3,(H,44,47)(H,45,48)/t27-,28?,30?,32?/m0/s1. The number of benzene rings is 2. The average Bonchev–Trinajstić information content (AvgIpc) is 3.51. The third-order valence-electron chi connectivity index (χ3n) is 9.59. The van der Waals surface area contributed by atoms with Gasteiger partial charge in [-0.05, 0) is 88.0 Å². The second-order valence-corrected chi connectivity index (χ2v) is 13.8. The summed E-state index contributed by atoms with van der Waals surface area (Å²) in [6, 6.07) is 13.3. The third kappa shape index (κ3) is 7.36. The van der Waals surface area contributed by atoms with Gasteiger partial charge in [0.15, 0.2) is 0 Å². The largest absolute Gasteiger partial charge is 0.361 e. The summed E-state index contributed by atoms with van der Waals surface area (Å²) < 4.78 is 31.6. The fourth-order valence-electron chi connectivity index (χ4n) is 6.79. The number of amides is 2. The summed E-state index contributed by atoms with van der Waals surface area (Å²) >= 11 is 1.28. The minimum atomic E-state index is -3.27. The van der Waals surface area contributed by atoms with Crippen LogP contribution in [0, 0.1) is 0 Å². The number of aromatic amines is 1. The van der Waals surface area contributed by atoms with Crippen molar-refractivity contribution in [2.45, 2.75) is 85.2 Å². The Kier molecular flexibility index (Phi) is 10.9. The molecule has 0 spiro atoms. The number of unbranched alkanes of at least 4 members (excludes halogenated alkanes) is 1. The highest BCUT2D eigenvalue weighted by molar-refractivity contribution is 7.99. The van der Waals surface area contributed by atoms with Crippen molar-refractivity contribution < 1.29 is 18.4 Å². The smallest absolute Gasteiger partial charge is 0.297 e. The van der Waals surface area contributed by atoms with E-state index in [2.05, 4.69) is 25.9 Å². The van der Waals surface area contributed by atoms with Gasteiger partial charge in [0.25, 0.3) is 5.92 Å². The number of likely N-dealkylation sites (N-methyl/N-ethyl adjacent to an activating group) is 1. The van der Waals surface area contributed by atoms with Crippen molar-refractivity contribution in [2.75, 3.05) is 20.1 Å². The Balaban J connectivity index is 1.43. The number of H-pyrrole nitrogens is 1. The molecule has 0 bridgehead atoms. The molecule has 1 aliphatic carbocycles. The molecule has 260 valence electrons. The first-order valence-electron chi connectivity index (χ1n) is 16.9. The summed E-state index contributed by atoms with van der Waals surface area (Å²) in [5, 5.41) is 10.9. The summed E-state index contributed by atoms with van der Waals surface area (Å²) in [7, 11) is 1.77. The lowest BCUT2D eigenvalue weighted by Crippen LogP contribution is -2.60. The van der Waals surface area contributed by atoms with Crippen LogP contribution in [0.3, 0.4) is 0 Å². The van der Waals surface area contributed by atoms with E-state index in [0.29, 0.717) is 60.8 Å². The predicted molar refractivity (Wildman–Crippen MR) is 187 cm³/mol. The number of fused-ring (bicyclic) bond motifs is 2. The molecular formula is C36H44F2N8O2S. The van der Waals surface area contributed by atoms with Crippen LogP contribution in [0.2, 0.25) is 0 Å². The van der Waals surface area contributed by atoms with E-state index in [-0.39, 0.29) is 17.9 Å². The van der Waals surface area contributed by atoms with Crippen LogP contribution in [0.5, 0.6) is 0 Å². The van der Waals surface area contributed by atoms with Crippen molar-refractivity contribution in [3.05, 3.63) is 89.2 Å². The van der Waals surface area contributed by atoms with Gasteiger partial charge < -0.3 is 32.4 Å². The molecular weight excluding hydrogens is 647 g/mol. The van der Waals surface area contributed by atoms with Crippen LogP contribution in [-0.4, -0.2) is 65.1 Å². The molecule has 0 fully saturated rings. The molecule has 10 nitrogen and oxygen atoms in total. The van der Waals surface area contributed by atoms with Crippen LogP contribution in [0.15, 0.2) is 76.9 Å². The molecule has 13 heteroatoms. The van der Waals surface area contributed by atoms with E-state index < -0.39 is 36.1 Å². The topological polar surface area (TPSA) is 154 Å². The van der Waals surface area contributed by atoms with Gasteiger partial charge in [0.05, 0.1) is 18.2 Å². The highest BCUT2D eigenvalue weighted by Gasteiger charge is 2.56. The maximum Gasteiger partial charge on any atom is 0.297 e. The van der Waals surface area contributed by atoms with Gasteiger partial charge in [-0.3, -0.25) is 14.5 Å². The number of rotatable bonds is 9. The summed E-state index contributed by atoms with van der Waals surface area (Å²) in [5.74, 6) is -4.05. The Morgan fingerprint density at radius 1 is 0.959 bits per heavy atom. The van der Waals surface area contributed by atoms with Gasteiger partial charge >= 0.3 is 0 Å². The number of alkyl halides is 2. The van der Waals surface area contributed by atoms with Crippen molar-refractivity contribution in [1.29, 1.82) is 0 Å². The summed E-state index contributed by atoms with van der Waals surface area (Å²) in [5.41, 5.74) is 14.6. The number of halogens is 2. The lowest BCUT2D eigenvalue weighted by molar-refractivity contribution is -0.137. The van der Waals surface area contributed by atoms with E-state index in [0.717, 1.165) is 28.5 Å². The molecule has 3 unspecified atom stereocenters. The number of nitrogens with zero attached hydrogens (tertiary/aromatic N) is 2. The number of hydrogen-bond acceptors (Lipinski definition) is 8. The summed E-state index contributed by atoms with van der Waals surface area (Å²) in [4.78, 5) is 38.7. The molecule has 6 rings (SSSR count). The molecule has 3 heterocycles. The van der Waals surface area contributed by atoms with E-state index in [1.54, 1.807) is 25.4 Å². The highest BCUT2D eigenvalue weighted by Crippen LogP contribution is 2.56. The van der Waals surface area contributed by atoms with E-state index in [1.807, 2.05) is 47.5 Å². The van der Waals surface area contributed by atoms with Crippen LogP contribution in [0.1, 0.15) is 60.4 Å². The number of para-hydroxylation sites is 1. The van der Waals surface area contributed by atoms with Crippen molar-refractivity contribution in [2.24, 2.45) is 11.5 Å².